The molecule has 0 aliphatic heterocycles. The molecule has 102 valence electrons. The molecule has 1 atom stereocenters. The molecule has 1 aromatic carbocycles. The molecule has 1 heterocycles. The average Bonchev–Trinajstić information content (AvgIpc) is 2.69. The van der Waals surface area contributed by atoms with Crippen molar-refractivity contribution in [1.82, 2.24) is 9.78 Å². The summed E-state index contributed by atoms with van der Waals surface area (Å²) in [4.78, 5) is 0. The molecule has 2 rings (SSSR count). The van der Waals surface area contributed by atoms with Gasteiger partial charge in [-0.15, -0.1) is 0 Å². The third kappa shape index (κ3) is 3.21. The highest BCUT2D eigenvalue weighted by atomic mass is 79.9. The molecule has 1 aromatic heterocycles. The smallest absolute Gasteiger partial charge is 0.122 e. The lowest BCUT2D eigenvalue weighted by molar-refractivity contribution is 0.205. The Balaban J connectivity index is 2.49. The van der Waals surface area contributed by atoms with Gasteiger partial charge in [-0.25, -0.2) is 0 Å². The maximum Gasteiger partial charge on any atom is 0.122 e. The van der Waals surface area contributed by atoms with Gasteiger partial charge in [-0.1, -0.05) is 43.5 Å². The van der Waals surface area contributed by atoms with Crippen LogP contribution in [0.5, 0.6) is 0 Å². The molecule has 0 radical (unpaired) electrons. The van der Waals surface area contributed by atoms with E-state index in [0.717, 1.165) is 14.5 Å². The first-order chi connectivity index (χ1) is 8.90. The fraction of sp³-hybridized carbons (Fsp3) is 0.308. The van der Waals surface area contributed by atoms with Gasteiger partial charge in [-0.05, 0) is 37.6 Å². The summed E-state index contributed by atoms with van der Waals surface area (Å²) in [6.07, 6.45) is 0.749. The molecule has 1 unspecified atom stereocenters. The first-order valence-corrected chi connectivity index (χ1v) is 7.73. The van der Waals surface area contributed by atoms with E-state index >= 15 is 0 Å². The van der Waals surface area contributed by atoms with Gasteiger partial charge in [0.1, 0.15) is 6.10 Å². The minimum absolute atomic E-state index is 0.132. The number of hydrogen-bond acceptors (Lipinski definition) is 2. The van der Waals surface area contributed by atoms with Crippen LogP contribution in [0.15, 0.2) is 33.3 Å². The van der Waals surface area contributed by atoms with Gasteiger partial charge in [0.25, 0.3) is 0 Å². The summed E-state index contributed by atoms with van der Waals surface area (Å²) < 4.78 is 3.52. The lowest BCUT2D eigenvalue weighted by Crippen LogP contribution is -2.12. The highest BCUT2D eigenvalue weighted by Crippen LogP contribution is 2.32. The third-order valence-corrected chi connectivity index (χ3v) is 3.94. The molecule has 1 N–H and O–H groups in total. The first kappa shape index (κ1) is 15.0. The van der Waals surface area contributed by atoms with Crippen molar-refractivity contribution in [1.29, 1.82) is 0 Å². The van der Waals surface area contributed by atoms with E-state index in [4.69, 9.17) is 11.6 Å². The summed E-state index contributed by atoms with van der Waals surface area (Å²) >= 11 is 13.0. The molecule has 0 saturated heterocycles. The average molecular weight is 409 g/mol. The molecule has 0 spiro atoms. The standard InChI is InChI=1S/C13H13Br2ClN2O/c1-7(2)18-12(11(16)6-17-18)13(19)8-3-9(14)5-10(15)4-8/h3-7,13,19H,1-2H3. The summed E-state index contributed by atoms with van der Waals surface area (Å²) in [6, 6.07) is 5.78. The Bertz CT molecular complexity index is 578. The number of rotatable bonds is 3. The van der Waals surface area contributed by atoms with Crippen LogP contribution in [0.3, 0.4) is 0 Å². The summed E-state index contributed by atoms with van der Waals surface area (Å²) in [5.74, 6) is 0. The summed E-state index contributed by atoms with van der Waals surface area (Å²) in [5.41, 5.74) is 1.37. The lowest BCUT2D eigenvalue weighted by atomic mass is 10.1. The molecule has 0 saturated carbocycles. The Morgan fingerprint density at radius 1 is 1.21 bits per heavy atom. The van der Waals surface area contributed by atoms with Crippen LogP contribution >= 0.6 is 43.5 Å². The van der Waals surface area contributed by atoms with Crippen LogP contribution in [-0.4, -0.2) is 14.9 Å². The van der Waals surface area contributed by atoms with E-state index in [-0.39, 0.29) is 6.04 Å². The number of aromatic nitrogens is 2. The van der Waals surface area contributed by atoms with Crippen LogP contribution in [0, 0.1) is 0 Å². The van der Waals surface area contributed by atoms with Crippen molar-refractivity contribution in [2.24, 2.45) is 0 Å². The third-order valence-electron chi connectivity index (χ3n) is 2.74. The topological polar surface area (TPSA) is 38.0 Å². The molecule has 0 aliphatic carbocycles. The number of aliphatic hydroxyl groups excluding tert-OH is 1. The Morgan fingerprint density at radius 3 is 2.32 bits per heavy atom. The fourth-order valence-corrected chi connectivity index (χ4v) is 3.47. The quantitative estimate of drug-likeness (QED) is 0.798. The van der Waals surface area contributed by atoms with Gasteiger partial charge >= 0.3 is 0 Å². The van der Waals surface area contributed by atoms with Crippen molar-refractivity contribution in [2.45, 2.75) is 26.0 Å². The van der Waals surface area contributed by atoms with E-state index in [1.807, 2.05) is 32.0 Å². The Morgan fingerprint density at radius 2 is 1.79 bits per heavy atom. The van der Waals surface area contributed by atoms with Crippen LogP contribution in [0.4, 0.5) is 0 Å². The Labute approximate surface area is 133 Å². The normalized spacial score (nSPS) is 13.0. The number of nitrogens with zero attached hydrogens (tertiary/aromatic N) is 2. The van der Waals surface area contributed by atoms with Gasteiger partial charge in [0.2, 0.25) is 0 Å². The first-order valence-electron chi connectivity index (χ1n) is 5.77. The van der Waals surface area contributed by atoms with E-state index in [2.05, 4.69) is 37.0 Å². The van der Waals surface area contributed by atoms with Crippen molar-refractivity contribution in [3.8, 4) is 0 Å². The molecule has 0 amide bonds. The second-order valence-corrected chi connectivity index (χ2v) is 6.76. The van der Waals surface area contributed by atoms with Crippen molar-refractivity contribution >= 4 is 43.5 Å². The fourth-order valence-electron chi connectivity index (χ4n) is 1.91. The molecular formula is C13H13Br2ClN2O. The zero-order valence-electron chi connectivity index (χ0n) is 10.4. The maximum atomic E-state index is 10.6. The molecule has 3 nitrogen and oxygen atoms in total. The monoisotopic (exact) mass is 406 g/mol. The highest BCUT2D eigenvalue weighted by molar-refractivity contribution is 9.11. The molecule has 2 aromatic rings. The van der Waals surface area contributed by atoms with E-state index in [1.54, 1.807) is 10.9 Å². The van der Waals surface area contributed by atoms with Crippen LogP contribution in [0.25, 0.3) is 0 Å². The summed E-state index contributed by atoms with van der Waals surface area (Å²) in [7, 11) is 0. The van der Waals surface area contributed by atoms with Crippen LogP contribution < -0.4 is 0 Å². The molecular weight excluding hydrogens is 395 g/mol. The van der Waals surface area contributed by atoms with Crippen LogP contribution in [0.1, 0.15) is 37.3 Å². The highest BCUT2D eigenvalue weighted by Gasteiger charge is 2.21. The van der Waals surface area contributed by atoms with Crippen molar-refractivity contribution in [3.05, 3.63) is 49.6 Å². The number of aliphatic hydroxyl groups is 1. The minimum atomic E-state index is -0.814. The maximum absolute atomic E-state index is 10.6. The van der Waals surface area contributed by atoms with E-state index < -0.39 is 6.10 Å². The second kappa shape index (κ2) is 5.95. The largest absolute Gasteiger partial charge is 0.382 e. The van der Waals surface area contributed by atoms with Crippen molar-refractivity contribution < 1.29 is 5.11 Å². The number of benzene rings is 1. The number of hydrogen-bond donors (Lipinski definition) is 1. The molecule has 6 heteroatoms. The molecule has 19 heavy (non-hydrogen) atoms. The predicted octanol–water partition coefficient (Wildman–Crippen LogP) is 4.72. The van der Waals surface area contributed by atoms with Crippen LogP contribution in [-0.2, 0) is 0 Å². The SMILES string of the molecule is CC(C)n1ncc(Cl)c1C(O)c1cc(Br)cc(Br)c1. The summed E-state index contributed by atoms with van der Waals surface area (Å²) in [5, 5.41) is 15.2. The zero-order valence-corrected chi connectivity index (χ0v) is 14.4. The molecule has 0 aliphatic rings. The Kier molecular flexibility index (Phi) is 4.71. The van der Waals surface area contributed by atoms with Gasteiger partial charge in [0, 0.05) is 15.0 Å². The van der Waals surface area contributed by atoms with Gasteiger partial charge < -0.3 is 5.11 Å². The predicted molar refractivity (Wildman–Crippen MR) is 83.5 cm³/mol. The summed E-state index contributed by atoms with van der Waals surface area (Å²) in [6.45, 7) is 3.99. The zero-order chi connectivity index (χ0) is 14.2. The van der Waals surface area contributed by atoms with Crippen LogP contribution in [0.2, 0.25) is 5.02 Å². The lowest BCUT2D eigenvalue weighted by Gasteiger charge is -2.17. The van der Waals surface area contributed by atoms with Gasteiger partial charge in [0.15, 0.2) is 0 Å². The van der Waals surface area contributed by atoms with Gasteiger partial charge in [0.05, 0.1) is 16.9 Å². The number of halogens is 3. The van der Waals surface area contributed by atoms with E-state index in [1.165, 1.54) is 0 Å². The Hall–Kier alpha value is -0.360. The van der Waals surface area contributed by atoms with Gasteiger partial charge in [-0.3, -0.25) is 4.68 Å². The molecule has 0 bridgehead atoms. The van der Waals surface area contributed by atoms with Crippen molar-refractivity contribution in [3.63, 3.8) is 0 Å². The van der Waals surface area contributed by atoms with Crippen molar-refractivity contribution in [2.75, 3.05) is 0 Å². The van der Waals surface area contributed by atoms with Gasteiger partial charge in [-0.2, -0.15) is 5.10 Å². The van der Waals surface area contributed by atoms with E-state index in [9.17, 15) is 5.11 Å². The minimum Gasteiger partial charge on any atom is -0.382 e. The van der Waals surface area contributed by atoms with E-state index in [0.29, 0.717) is 10.7 Å². The second-order valence-electron chi connectivity index (χ2n) is 4.52. The molecule has 0 fully saturated rings.